The number of hydrogen-bond donors (Lipinski definition) is 1. The number of anilines is 1. The Balaban J connectivity index is 1.65. The first-order chi connectivity index (χ1) is 13.1. The van der Waals surface area contributed by atoms with Crippen LogP contribution in [0.4, 0.5) is 5.82 Å². The van der Waals surface area contributed by atoms with Gasteiger partial charge >= 0.3 is 0 Å². The number of nitrogen functional groups attached to an aromatic ring is 1. The normalized spacial score (nSPS) is 17.1. The number of nitrogens with two attached hydrogens (primary N) is 1. The topological polar surface area (TPSA) is 72.1 Å². The van der Waals surface area contributed by atoms with Gasteiger partial charge in [-0.3, -0.25) is 4.79 Å². The van der Waals surface area contributed by atoms with Gasteiger partial charge in [0.05, 0.1) is 6.04 Å². The quantitative estimate of drug-likeness (QED) is 0.730. The molecule has 1 aliphatic heterocycles. The lowest BCUT2D eigenvalue weighted by Gasteiger charge is -2.34. The van der Waals surface area contributed by atoms with Crippen LogP contribution in [0.25, 0.3) is 11.1 Å². The predicted octanol–water partition coefficient (Wildman–Crippen LogP) is 4.46. The van der Waals surface area contributed by atoms with Crippen molar-refractivity contribution >= 4 is 23.1 Å². The molecule has 1 fully saturated rings. The number of thiazole rings is 1. The maximum atomic E-state index is 13.3. The van der Waals surface area contributed by atoms with Gasteiger partial charge in [-0.25, -0.2) is 9.97 Å². The largest absolute Gasteiger partial charge is 0.384 e. The second-order valence-corrected chi connectivity index (χ2v) is 7.76. The zero-order valence-corrected chi connectivity index (χ0v) is 16.1. The van der Waals surface area contributed by atoms with Gasteiger partial charge in [0.15, 0.2) is 0 Å². The molecule has 1 atom stereocenters. The van der Waals surface area contributed by atoms with E-state index in [0.29, 0.717) is 11.4 Å². The van der Waals surface area contributed by atoms with Crippen LogP contribution in [-0.4, -0.2) is 27.3 Å². The lowest BCUT2D eigenvalue weighted by molar-refractivity contribution is 0.0611. The lowest BCUT2D eigenvalue weighted by atomic mass is 9.98. The summed E-state index contributed by atoms with van der Waals surface area (Å²) < 4.78 is 0. The van der Waals surface area contributed by atoms with Crippen molar-refractivity contribution in [2.24, 2.45) is 0 Å². The molecule has 4 rings (SSSR count). The fourth-order valence-electron chi connectivity index (χ4n) is 3.70. The molecule has 1 saturated heterocycles. The summed E-state index contributed by atoms with van der Waals surface area (Å²) in [6, 6.07) is 11.6. The summed E-state index contributed by atoms with van der Waals surface area (Å²) in [5.74, 6) is 0.570. The fourth-order valence-corrected chi connectivity index (χ4v) is 4.49. The summed E-state index contributed by atoms with van der Waals surface area (Å²) in [5.41, 5.74) is 9.30. The number of carbonyl (C=O) groups excluding carboxylic acids is 1. The second kappa shape index (κ2) is 7.48. The van der Waals surface area contributed by atoms with Crippen LogP contribution in [0.1, 0.15) is 46.4 Å². The van der Waals surface area contributed by atoms with E-state index in [-0.39, 0.29) is 11.9 Å². The van der Waals surface area contributed by atoms with Gasteiger partial charge in [0, 0.05) is 34.9 Å². The molecule has 27 heavy (non-hydrogen) atoms. The third-order valence-corrected chi connectivity index (χ3v) is 5.90. The molecule has 5 nitrogen and oxygen atoms in total. The van der Waals surface area contributed by atoms with E-state index < -0.39 is 0 Å². The SMILES string of the molecule is Cc1nc(N)ccc1-c1cccc(C(=O)N2CCCC[C@@H]2c2nccs2)c1. The number of aryl methyl sites for hydroxylation is 1. The molecule has 3 aromatic rings. The number of benzene rings is 1. The Morgan fingerprint density at radius 1 is 1.26 bits per heavy atom. The minimum absolute atomic E-state index is 0.0674. The molecule has 0 unspecified atom stereocenters. The summed E-state index contributed by atoms with van der Waals surface area (Å²) in [4.78, 5) is 24.1. The maximum Gasteiger partial charge on any atom is 0.254 e. The smallest absolute Gasteiger partial charge is 0.254 e. The first kappa shape index (κ1) is 17.7. The molecular formula is C21H22N4OS. The monoisotopic (exact) mass is 378 g/mol. The van der Waals surface area contributed by atoms with Crippen molar-refractivity contribution < 1.29 is 4.79 Å². The third kappa shape index (κ3) is 3.57. The molecule has 3 heterocycles. The third-order valence-electron chi connectivity index (χ3n) is 5.03. The highest BCUT2D eigenvalue weighted by molar-refractivity contribution is 7.09. The van der Waals surface area contributed by atoms with Gasteiger partial charge in [0.25, 0.3) is 5.91 Å². The van der Waals surface area contributed by atoms with Crippen molar-refractivity contribution in [2.45, 2.75) is 32.2 Å². The van der Waals surface area contributed by atoms with Gasteiger partial charge < -0.3 is 10.6 Å². The van der Waals surface area contributed by atoms with Gasteiger partial charge in [-0.15, -0.1) is 11.3 Å². The zero-order valence-electron chi connectivity index (χ0n) is 15.3. The average molecular weight is 379 g/mol. The highest BCUT2D eigenvalue weighted by Crippen LogP contribution is 2.33. The Hall–Kier alpha value is -2.73. The van der Waals surface area contributed by atoms with Crippen LogP contribution in [0.2, 0.25) is 0 Å². The van der Waals surface area contributed by atoms with Gasteiger partial charge in [-0.05, 0) is 56.0 Å². The molecule has 0 aliphatic carbocycles. The van der Waals surface area contributed by atoms with E-state index in [4.69, 9.17) is 5.73 Å². The number of piperidine rings is 1. The highest BCUT2D eigenvalue weighted by Gasteiger charge is 2.30. The molecule has 0 bridgehead atoms. The van der Waals surface area contributed by atoms with Crippen LogP contribution < -0.4 is 5.73 Å². The van der Waals surface area contributed by atoms with Crippen molar-refractivity contribution in [2.75, 3.05) is 12.3 Å². The van der Waals surface area contributed by atoms with Crippen molar-refractivity contribution in [3.05, 3.63) is 64.2 Å². The van der Waals surface area contributed by atoms with Gasteiger partial charge in [0.2, 0.25) is 0 Å². The van der Waals surface area contributed by atoms with Crippen LogP contribution in [0, 0.1) is 6.92 Å². The molecule has 138 valence electrons. The lowest BCUT2D eigenvalue weighted by Crippen LogP contribution is -2.38. The number of pyridine rings is 1. The van der Waals surface area contributed by atoms with Crippen LogP contribution in [0.5, 0.6) is 0 Å². The first-order valence-electron chi connectivity index (χ1n) is 9.17. The number of rotatable bonds is 3. The Labute approximate surface area is 162 Å². The molecular weight excluding hydrogens is 356 g/mol. The molecule has 6 heteroatoms. The van der Waals surface area contributed by atoms with Gasteiger partial charge in [-0.1, -0.05) is 12.1 Å². The standard InChI is InChI=1S/C21H22N4OS/c1-14-17(8-9-19(22)24-14)15-5-4-6-16(13-15)21(26)25-11-3-2-7-18(25)20-23-10-12-27-20/h4-6,8-10,12-13,18H,2-3,7,11H2,1H3,(H2,22,24)/t18-/m1/s1. The number of amides is 1. The Morgan fingerprint density at radius 3 is 2.93 bits per heavy atom. The number of carbonyl (C=O) groups is 1. The molecule has 1 aliphatic rings. The van der Waals surface area contributed by atoms with E-state index in [0.717, 1.165) is 47.6 Å². The maximum absolute atomic E-state index is 13.3. The van der Waals surface area contributed by atoms with Gasteiger partial charge in [-0.2, -0.15) is 0 Å². The Morgan fingerprint density at radius 2 is 2.15 bits per heavy atom. The minimum atomic E-state index is 0.0674. The summed E-state index contributed by atoms with van der Waals surface area (Å²) in [6.45, 7) is 2.71. The van der Waals surface area contributed by atoms with Crippen molar-refractivity contribution in [3.8, 4) is 11.1 Å². The minimum Gasteiger partial charge on any atom is -0.384 e. The summed E-state index contributed by atoms with van der Waals surface area (Å²) in [7, 11) is 0. The molecule has 2 N–H and O–H groups in total. The summed E-state index contributed by atoms with van der Waals surface area (Å²) in [6.07, 6.45) is 4.95. The fraction of sp³-hybridized carbons (Fsp3) is 0.286. The zero-order chi connectivity index (χ0) is 18.8. The first-order valence-corrected chi connectivity index (χ1v) is 10.1. The number of hydrogen-bond acceptors (Lipinski definition) is 5. The highest BCUT2D eigenvalue weighted by atomic mass is 32.1. The number of nitrogens with zero attached hydrogens (tertiary/aromatic N) is 3. The van der Waals surface area contributed by atoms with Crippen LogP contribution in [0.3, 0.4) is 0 Å². The van der Waals surface area contributed by atoms with E-state index in [1.165, 1.54) is 0 Å². The van der Waals surface area contributed by atoms with E-state index in [1.807, 2.05) is 53.7 Å². The molecule has 0 radical (unpaired) electrons. The Bertz CT molecular complexity index is 955. The van der Waals surface area contributed by atoms with Crippen LogP contribution >= 0.6 is 11.3 Å². The molecule has 2 aromatic heterocycles. The van der Waals surface area contributed by atoms with E-state index in [2.05, 4.69) is 9.97 Å². The molecule has 0 saturated carbocycles. The van der Waals surface area contributed by atoms with Crippen LogP contribution in [0.15, 0.2) is 48.0 Å². The average Bonchev–Trinajstić information content (AvgIpc) is 3.22. The van der Waals surface area contributed by atoms with E-state index in [1.54, 1.807) is 17.4 Å². The Kier molecular flexibility index (Phi) is 4.90. The molecule has 1 aromatic carbocycles. The van der Waals surface area contributed by atoms with Crippen molar-refractivity contribution in [3.63, 3.8) is 0 Å². The predicted molar refractivity (Wildman–Crippen MR) is 109 cm³/mol. The second-order valence-electron chi connectivity index (χ2n) is 6.83. The summed E-state index contributed by atoms with van der Waals surface area (Å²) in [5, 5.41) is 3.00. The van der Waals surface area contributed by atoms with E-state index >= 15 is 0 Å². The molecule has 1 amide bonds. The van der Waals surface area contributed by atoms with Crippen LogP contribution in [-0.2, 0) is 0 Å². The van der Waals surface area contributed by atoms with E-state index in [9.17, 15) is 4.79 Å². The van der Waals surface area contributed by atoms with Crippen molar-refractivity contribution in [1.82, 2.24) is 14.9 Å². The summed E-state index contributed by atoms with van der Waals surface area (Å²) >= 11 is 1.62. The number of likely N-dealkylation sites (tertiary alicyclic amines) is 1. The van der Waals surface area contributed by atoms with Gasteiger partial charge in [0.1, 0.15) is 10.8 Å². The van der Waals surface area contributed by atoms with Crippen molar-refractivity contribution in [1.29, 1.82) is 0 Å². The number of aromatic nitrogens is 2. The molecule has 0 spiro atoms.